The van der Waals surface area contributed by atoms with E-state index in [-0.39, 0.29) is 0 Å². The molecule has 0 radical (unpaired) electrons. The van der Waals surface area contributed by atoms with Gasteiger partial charge in [-0.25, -0.2) is 0 Å². The molecule has 0 saturated heterocycles. The van der Waals surface area contributed by atoms with Crippen LogP contribution < -0.4 is 0 Å². The molecule has 6 rings (SSSR count). The predicted octanol–water partition coefficient (Wildman–Crippen LogP) is 16.1. The average molecular weight is 651 g/mol. The minimum atomic E-state index is 0.562. The van der Waals surface area contributed by atoms with Gasteiger partial charge in [0.25, 0.3) is 0 Å². The van der Waals surface area contributed by atoms with Crippen molar-refractivity contribution in [3.8, 4) is 11.1 Å². The minimum absolute atomic E-state index is 0.562. The minimum Gasteiger partial charge on any atom is -0.0654 e. The zero-order chi connectivity index (χ0) is 33.8. The molecule has 0 aliphatic heterocycles. The maximum absolute atomic E-state index is 2.60. The number of unbranched alkanes of at least 4 members (excludes halogenated alkanes) is 14. The lowest BCUT2D eigenvalue weighted by Crippen LogP contribution is -2.04. The van der Waals surface area contributed by atoms with Gasteiger partial charge in [0.1, 0.15) is 0 Å². The van der Waals surface area contributed by atoms with Gasteiger partial charge in [0.2, 0.25) is 0 Å². The Balaban J connectivity index is 1.31. The Morgan fingerprint density at radius 3 is 1.65 bits per heavy atom. The SMILES string of the molecule is CCCCCCCCCCCCCCCc1ccccc1-c1c(C(CC)CCCCC)cc2cccc3c4cccc5cccc(c1c23)c54. The first-order chi connectivity index (χ1) is 24.3. The highest BCUT2D eigenvalue weighted by atomic mass is 14.3. The summed E-state index contributed by atoms with van der Waals surface area (Å²) in [4.78, 5) is 0. The van der Waals surface area contributed by atoms with Crippen molar-refractivity contribution in [1.82, 2.24) is 0 Å². The third-order valence-corrected chi connectivity index (χ3v) is 11.6. The monoisotopic (exact) mass is 650 g/mol. The van der Waals surface area contributed by atoms with Crippen LogP contribution in [0.1, 0.15) is 153 Å². The molecule has 0 heterocycles. The fraction of sp³-hybridized carbons (Fsp3) is 0.469. The van der Waals surface area contributed by atoms with E-state index in [1.54, 1.807) is 5.56 Å². The van der Waals surface area contributed by atoms with Crippen molar-refractivity contribution in [2.75, 3.05) is 0 Å². The first kappa shape index (κ1) is 35.4. The van der Waals surface area contributed by atoms with Gasteiger partial charge in [-0.15, -0.1) is 0 Å². The van der Waals surface area contributed by atoms with Crippen LogP contribution in [0.3, 0.4) is 0 Å². The summed E-state index contributed by atoms with van der Waals surface area (Å²) in [5.41, 5.74) is 6.12. The van der Waals surface area contributed by atoms with Crippen molar-refractivity contribution in [1.29, 1.82) is 0 Å². The van der Waals surface area contributed by atoms with Gasteiger partial charge in [-0.3, -0.25) is 0 Å². The van der Waals surface area contributed by atoms with Crippen LogP contribution >= 0.6 is 0 Å². The van der Waals surface area contributed by atoms with Crippen LogP contribution in [0.2, 0.25) is 0 Å². The van der Waals surface area contributed by atoms with Gasteiger partial charge < -0.3 is 0 Å². The van der Waals surface area contributed by atoms with Gasteiger partial charge in [0.05, 0.1) is 0 Å². The fourth-order valence-electron chi connectivity index (χ4n) is 8.89. The molecule has 0 N–H and O–H groups in total. The highest BCUT2D eigenvalue weighted by Crippen LogP contribution is 2.49. The topological polar surface area (TPSA) is 0 Å². The van der Waals surface area contributed by atoms with E-state index in [0.717, 1.165) is 0 Å². The highest BCUT2D eigenvalue weighted by Gasteiger charge is 2.24. The lowest BCUT2D eigenvalue weighted by atomic mass is 9.78. The molecule has 0 bridgehead atoms. The molecule has 6 aromatic carbocycles. The number of rotatable bonds is 21. The summed E-state index contributed by atoms with van der Waals surface area (Å²) in [7, 11) is 0. The quantitative estimate of drug-likeness (QED) is 0.0413. The molecule has 0 spiro atoms. The van der Waals surface area contributed by atoms with E-state index in [2.05, 4.69) is 106 Å². The van der Waals surface area contributed by atoms with Gasteiger partial charge in [-0.2, -0.15) is 0 Å². The van der Waals surface area contributed by atoms with Gasteiger partial charge >= 0.3 is 0 Å². The Hall–Kier alpha value is -3.38. The predicted molar refractivity (Wildman–Crippen MR) is 220 cm³/mol. The molecule has 0 saturated carbocycles. The molecule has 0 fully saturated rings. The largest absolute Gasteiger partial charge is 0.0654 e. The summed E-state index contributed by atoms with van der Waals surface area (Å²) in [6.45, 7) is 7.06. The summed E-state index contributed by atoms with van der Waals surface area (Å²) >= 11 is 0. The number of aryl methyl sites for hydroxylation is 1. The van der Waals surface area contributed by atoms with Crippen LogP contribution in [-0.2, 0) is 6.42 Å². The molecule has 1 unspecified atom stereocenters. The van der Waals surface area contributed by atoms with Crippen molar-refractivity contribution in [3.63, 3.8) is 0 Å². The standard InChI is InChI=1S/C49H62/c1-4-7-9-10-11-12-13-14-15-16-17-18-20-27-38-28-21-22-32-41(38)48-45(37(6-3)26-19-8-5-2)36-40-31-25-34-43-42-33-23-29-39-30-24-35-44(46(39)42)49(48)47(40)43/h21-25,28-37H,4-20,26-27H2,1-3H3. The smallest absolute Gasteiger partial charge is 0.00111 e. The molecule has 258 valence electrons. The molecule has 0 aliphatic rings. The Kier molecular flexibility index (Phi) is 13.0. The molecule has 1 atom stereocenters. The lowest BCUT2D eigenvalue weighted by Gasteiger charge is -2.26. The van der Waals surface area contributed by atoms with Crippen molar-refractivity contribution in [3.05, 3.63) is 96.1 Å². The molecular formula is C49H62. The van der Waals surface area contributed by atoms with E-state index in [4.69, 9.17) is 0 Å². The summed E-state index contributed by atoms with van der Waals surface area (Å²) in [6, 6.07) is 33.0. The van der Waals surface area contributed by atoms with Gasteiger partial charge in [0, 0.05) is 0 Å². The van der Waals surface area contributed by atoms with Crippen LogP contribution in [0.4, 0.5) is 0 Å². The second-order valence-corrected chi connectivity index (χ2v) is 15.1. The van der Waals surface area contributed by atoms with Crippen LogP contribution in [0.5, 0.6) is 0 Å². The highest BCUT2D eigenvalue weighted by molar-refractivity contribution is 6.35. The Bertz CT molecular complexity index is 1890. The summed E-state index contributed by atoms with van der Waals surface area (Å²) in [5.74, 6) is 0.562. The number of benzene rings is 6. The van der Waals surface area contributed by atoms with E-state index in [9.17, 15) is 0 Å². The van der Waals surface area contributed by atoms with E-state index >= 15 is 0 Å². The molecule has 0 aliphatic carbocycles. The molecule has 6 aromatic rings. The van der Waals surface area contributed by atoms with Crippen molar-refractivity contribution in [2.45, 2.75) is 149 Å². The normalized spacial score (nSPS) is 12.6. The van der Waals surface area contributed by atoms with Crippen molar-refractivity contribution in [2.24, 2.45) is 0 Å². The molecule has 0 aromatic heterocycles. The average Bonchev–Trinajstić information content (AvgIpc) is 3.14. The van der Waals surface area contributed by atoms with Gasteiger partial charge in [-0.05, 0) is 96.9 Å². The second kappa shape index (κ2) is 18.0. The first-order valence-corrected chi connectivity index (χ1v) is 20.5. The van der Waals surface area contributed by atoms with Gasteiger partial charge in [0.15, 0.2) is 0 Å². The molecule has 49 heavy (non-hydrogen) atoms. The van der Waals surface area contributed by atoms with Gasteiger partial charge in [-0.1, -0.05) is 202 Å². The Morgan fingerprint density at radius 1 is 0.449 bits per heavy atom. The third kappa shape index (κ3) is 8.17. The Morgan fingerprint density at radius 2 is 1.00 bits per heavy atom. The lowest BCUT2D eigenvalue weighted by molar-refractivity contribution is 0.539. The van der Waals surface area contributed by atoms with Crippen LogP contribution in [0.25, 0.3) is 54.2 Å². The van der Waals surface area contributed by atoms with Crippen LogP contribution in [0.15, 0.2) is 84.9 Å². The van der Waals surface area contributed by atoms with E-state index in [0.29, 0.717) is 5.92 Å². The number of fused-ring (bicyclic) bond motifs is 2. The summed E-state index contributed by atoms with van der Waals surface area (Å²) in [5, 5.41) is 11.3. The zero-order valence-electron chi connectivity index (χ0n) is 31.1. The third-order valence-electron chi connectivity index (χ3n) is 11.6. The van der Waals surface area contributed by atoms with Crippen molar-refractivity contribution >= 4 is 43.1 Å². The van der Waals surface area contributed by atoms with E-state index in [1.807, 2.05) is 0 Å². The zero-order valence-corrected chi connectivity index (χ0v) is 31.1. The van der Waals surface area contributed by atoms with Crippen molar-refractivity contribution < 1.29 is 0 Å². The molecule has 0 nitrogen and oxygen atoms in total. The van der Waals surface area contributed by atoms with Crippen LogP contribution in [-0.4, -0.2) is 0 Å². The fourth-order valence-corrected chi connectivity index (χ4v) is 8.89. The number of hydrogen-bond donors (Lipinski definition) is 0. The molecule has 0 heteroatoms. The summed E-state index contributed by atoms with van der Waals surface area (Å²) in [6.07, 6.45) is 25.7. The van der Waals surface area contributed by atoms with Crippen LogP contribution in [0, 0.1) is 0 Å². The Labute approximate surface area is 298 Å². The number of hydrogen-bond acceptors (Lipinski definition) is 0. The second-order valence-electron chi connectivity index (χ2n) is 15.1. The maximum Gasteiger partial charge on any atom is -0.00111 e. The van der Waals surface area contributed by atoms with E-state index in [1.165, 1.54) is 182 Å². The van der Waals surface area contributed by atoms with E-state index < -0.39 is 0 Å². The summed E-state index contributed by atoms with van der Waals surface area (Å²) < 4.78 is 0. The molecule has 0 amide bonds. The first-order valence-electron chi connectivity index (χ1n) is 20.5. The molecular weight excluding hydrogens is 589 g/mol. The maximum atomic E-state index is 2.60.